The number of carbonyl (C=O) groups excluding carboxylic acids is 1. The number of hydrogen-bond donors (Lipinski definition) is 0. The van der Waals surface area contributed by atoms with E-state index in [4.69, 9.17) is 18.9 Å². The molecule has 5 nitrogen and oxygen atoms in total. The second kappa shape index (κ2) is 8.05. The second-order valence-corrected chi connectivity index (χ2v) is 9.45. The van der Waals surface area contributed by atoms with E-state index in [1.165, 1.54) is 11.1 Å². The van der Waals surface area contributed by atoms with Crippen LogP contribution in [0, 0.1) is 11.3 Å². The van der Waals surface area contributed by atoms with E-state index >= 15 is 0 Å². The predicted octanol–water partition coefficient (Wildman–Crippen LogP) is 4.11. The average molecular weight is 423 g/mol. The molecule has 5 atom stereocenters. The van der Waals surface area contributed by atoms with Gasteiger partial charge in [-0.25, -0.2) is 4.79 Å². The highest BCUT2D eigenvalue weighted by molar-refractivity contribution is 5.71. The Morgan fingerprint density at radius 2 is 1.81 bits per heavy atom. The Morgan fingerprint density at radius 1 is 1.10 bits per heavy atom. The minimum atomic E-state index is -0.700. The first-order valence-corrected chi connectivity index (χ1v) is 11.2. The van der Waals surface area contributed by atoms with Crippen molar-refractivity contribution in [1.29, 1.82) is 0 Å². The van der Waals surface area contributed by atoms with Gasteiger partial charge in [0.1, 0.15) is 12.2 Å². The van der Waals surface area contributed by atoms with Crippen LogP contribution >= 0.6 is 0 Å². The molecule has 5 rings (SSSR count). The second-order valence-electron chi connectivity index (χ2n) is 9.45. The largest absolute Gasteiger partial charge is 0.464 e. The van der Waals surface area contributed by atoms with Gasteiger partial charge in [0.15, 0.2) is 6.29 Å². The summed E-state index contributed by atoms with van der Waals surface area (Å²) >= 11 is 0. The molecule has 2 aromatic carbocycles. The van der Waals surface area contributed by atoms with E-state index in [1.54, 1.807) is 0 Å². The van der Waals surface area contributed by atoms with Crippen molar-refractivity contribution in [2.45, 2.75) is 50.6 Å². The zero-order valence-corrected chi connectivity index (χ0v) is 18.2. The van der Waals surface area contributed by atoms with Crippen molar-refractivity contribution < 1.29 is 23.7 Å². The maximum absolute atomic E-state index is 12.4. The molecule has 2 bridgehead atoms. The van der Waals surface area contributed by atoms with E-state index in [0.29, 0.717) is 13.2 Å². The Balaban J connectivity index is 1.48. The lowest BCUT2D eigenvalue weighted by Gasteiger charge is -2.34. The number of carbonyl (C=O) groups is 1. The molecule has 0 radical (unpaired) electrons. The first kappa shape index (κ1) is 20.7. The molecule has 0 spiro atoms. The fourth-order valence-corrected chi connectivity index (χ4v) is 5.68. The normalized spacial score (nSPS) is 33.2. The Hall–Kier alpha value is -2.21. The zero-order valence-electron chi connectivity index (χ0n) is 18.2. The van der Waals surface area contributed by atoms with E-state index in [0.717, 1.165) is 12.8 Å². The van der Waals surface area contributed by atoms with Crippen LogP contribution in [-0.4, -0.2) is 43.8 Å². The van der Waals surface area contributed by atoms with Crippen LogP contribution in [0.1, 0.15) is 37.3 Å². The van der Waals surface area contributed by atoms with Crippen molar-refractivity contribution in [2.75, 3.05) is 19.8 Å². The number of rotatable bonds is 8. The molecule has 0 aromatic heterocycles. The minimum Gasteiger partial charge on any atom is -0.464 e. The van der Waals surface area contributed by atoms with Gasteiger partial charge in [0.2, 0.25) is 0 Å². The smallest absolute Gasteiger partial charge is 0.332 e. The summed E-state index contributed by atoms with van der Waals surface area (Å²) in [7, 11) is 0. The molecular weight excluding hydrogens is 392 g/mol. The molecule has 31 heavy (non-hydrogen) atoms. The van der Waals surface area contributed by atoms with Crippen LogP contribution in [0.3, 0.4) is 0 Å². The van der Waals surface area contributed by atoms with Crippen LogP contribution in [0.2, 0.25) is 0 Å². The van der Waals surface area contributed by atoms with Crippen molar-refractivity contribution in [1.82, 2.24) is 0 Å². The van der Waals surface area contributed by atoms with E-state index in [1.807, 2.05) is 26.0 Å². The lowest BCUT2D eigenvalue weighted by Crippen LogP contribution is -2.45. The molecule has 5 heteroatoms. The SMILES string of the molecule is CC(C)COC(=O)COC12C3OCC(CC1(Cc1ccccc1)C2c1ccccc1)O3. The Labute approximate surface area is 183 Å². The topological polar surface area (TPSA) is 54.0 Å². The molecule has 2 saturated heterocycles. The number of esters is 1. The molecule has 0 amide bonds. The van der Waals surface area contributed by atoms with Gasteiger partial charge in [-0.2, -0.15) is 0 Å². The van der Waals surface area contributed by atoms with Crippen molar-refractivity contribution in [3.8, 4) is 0 Å². The molecule has 2 heterocycles. The maximum Gasteiger partial charge on any atom is 0.332 e. The third kappa shape index (κ3) is 3.49. The molecular formula is C26H30O5. The van der Waals surface area contributed by atoms with Gasteiger partial charge < -0.3 is 18.9 Å². The van der Waals surface area contributed by atoms with Gasteiger partial charge in [-0.05, 0) is 29.9 Å². The van der Waals surface area contributed by atoms with Crippen molar-refractivity contribution in [3.63, 3.8) is 0 Å². The van der Waals surface area contributed by atoms with Gasteiger partial charge in [-0.1, -0.05) is 74.5 Å². The molecule has 1 aliphatic carbocycles. The van der Waals surface area contributed by atoms with E-state index in [2.05, 4.69) is 48.5 Å². The Morgan fingerprint density at radius 3 is 2.52 bits per heavy atom. The fourth-order valence-electron chi connectivity index (χ4n) is 5.68. The van der Waals surface area contributed by atoms with Gasteiger partial charge >= 0.3 is 5.97 Å². The third-order valence-electron chi connectivity index (χ3n) is 6.87. The Kier molecular flexibility index (Phi) is 5.37. The van der Waals surface area contributed by atoms with Crippen LogP contribution in [0.4, 0.5) is 0 Å². The first-order valence-electron chi connectivity index (χ1n) is 11.2. The van der Waals surface area contributed by atoms with E-state index in [-0.39, 0.29) is 35.9 Å². The van der Waals surface area contributed by atoms with Gasteiger partial charge in [-0.15, -0.1) is 0 Å². The van der Waals surface area contributed by atoms with Crippen molar-refractivity contribution in [2.24, 2.45) is 11.3 Å². The summed E-state index contributed by atoms with van der Waals surface area (Å²) in [5.74, 6) is 0.0411. The lowest BCUT2D eigenvalue weighted by atomic mass is 9.84. The van der Waals surface area contributed by atoms with E-state index < -0.39 is 11.9 Å². The third-order valence-corrected chi connectivity index (χ3v) is 6.87. The van der Waals surface area contributed by atoms with Crippen LogP contribution in [0.25, 0.3) is 0 Å². The van der Waals surface area contributed by atoms with Gasteiger partial charge in [-0.3, -0.25) is 0 Å². The molecule has 2 aromatic rings. The Bertz CT molecular complexity index is 914. The van der Waals surface area contributed by atoms with E-state index in [9.17, 15) is 4.79 Å². The summed E-state index contributed by atoms with van der Waals surface area (Å²) in [4.78, 5) is 12.4. The molecule has 164 valence electrons. The van der Waals surface area contributed by atoms with Crippen LogP contribution in [0.5, 0.6) is 0 Å². The molecule has 2 aliphatic heterocycles. The standard InChI is InChI=1S/C26H30O5/c1-18(2)15-28-22(27)17-30-26-23(20-11-7-4-8-12-20)25(26,13-19-9-5-3-6-10-19)14-21-16-29-24(26)31-21/h3-12,18,21,23-24H,13-17H2,1-2H3. The summed E-state index contributed by atoms with van der Waals surface area (Å²) in [6.45, 7) is 4.91. The van der Waals surface area contributed by atoms with Crippen LogP contribution in [-0.2, 0) is 30.2 Å². The first-order chi connectivity index (χ1) is 15.0. The average Bonchev–Trinajstić information content (AvgIpc) is 3.12. The summed E-state index contributed by atoms with van der Waals surface area (Å²) in [6.07, 6.45) is 1.29. The monoisotopic (exact) mass is 422 g/mol. The summed E-state index contributed by atoms with van der Waals surface area (Å²) in [5, 5.41) is 0. The number of ether oxygens (including phenoxy) is 4. The quantitative estimate of drug-likeness (QED) is 0.599. The zero-order chi connectivity index (χ0) is 21.5. The predicted molar refractivity (Wildman–Crippen MR) is 115 cm³/mol. The number of benzene rings is 2. The van der Waals surface area contributed by atoms with Crippen LogP contribution in [0.15, 0.2) is 60.7 Å². The highest BCUT2D eigenvalue weighted by Crippen LogP contribution is 2.78. The fraction of sp³-hybridized carbons (Fsp3) is 0.500. The summed E-state index contributed by atoms with van der Waals surface area (Å²) in [6, 6.07) is 20.9. The molecule has 3 aliphatic rings. The minimum absolute atomic E-state index is 0.0621. The summed E-state index contributed by atoms with van der Waals surface area (Å²) in [5.41, 5.74) is 1.58. The molecule has 1 saturated carbocycles. The maximum atomic E-state index is 12.4. The number of fused-ring (bicyclic) bond motifs is 4. The van der Waals surface area contributed by atoms with Crippen molar-refractivity contribution >= 4 is 5.97 Å². The van der Waals surface area contributed by atoms with Crippen LogP contribution < -0.4 is 0 Å². The molecule has 0 N–H and O–H groups in total. The highest BCUT2D eigenvalue weighted by Gasteiger charge is 2.85. The van der Waals surface area contributed by atoms with Gasteiger partial charge in [0.25, 0.3) is 0 Å². The molecule has 3 fully saturated rings. The van der Waals surface area contributed by atoms with Crippen molar-refractivity contribution in [3.05, 3.63) is 71.8 Å². The molecule has 5 unspecified atom stereocenters. The van der Waals surface area contributed by atoms with Gasteiger partial charge in [0.05, 0.1) is 19.3 Å². The summed E-state index contributed by atoms with van der Waals surface area (Å²) < 4.78 is 24.2. The van der Waals surface area contributed by atoms with Gasteiger partial charge in [0, 0.05) is 11.3 Å². The number of hydrogen-bond acceptors (Lipinski definition) is 5. The highest BCUT2D eigenvalue weighted by atomic mass is 16.8. The lowest BCUT2D eigenvalue weighted by molar-refractivity contribution is -0.208.